The highest BCUT2D eigenvalue weighted by Gasteiger charge is 2.29. The van der Waals surface area contributed by atoms with Crippen molar-refractivity contribution in [3.63, 3.8) is 0 Å². The zero-order chi connectivity index (χ0) is 14.0. The SMILES string of the molecule is CO[Si](O)(O)CCCOCC(O)CN(CO)CO. The van der Waals surface area contributed by atoms with Crippen LogP contribution in [0.5, 0.6) is 0 Å². The Hall–Kier alpha value is -0.103. The monoisotopic (exact) mass is 285 g/mol. The van der Waals surface area contributed by atoms with Crippen LogP contribution in [0.4, 0.5) is 0 Å². The number of ether oxygens (including phenoxy) is 1. The van der Waals surface area contributed by atoms with Crippen LogP contribution in [-0.4, -0.2) is 85.0 Å². The summed E-state index contributed by atoms with van der Waals surface area (Å²) in [7, 11) is -2.26. The van der Waals surface area contributed by atoms with Gasteiger partial charge in [-0.2, -0.15) is 0 Å². The molecule has 0 aliphatic rings. The molecule has 0 aliphatic heterocycles. The van der Waals surface area contributed by atoms with E-state index in [4.69, 9.17) is 14.9 Å². The maximum atomic E-state index is 9.48. The molecule has 0 bridgehead atoms. The van der Waals surface area contributed by atoms with Gasteiger partial charge in [0.2, 0.25) is 0 Å². The third kappa shape index (κ3) is 8.91. The van der Waals surface area contributed by atoms with Gasteiger partial charge in [0.25, 0.3) is 0 Å². The van der Waals surface area contributed by atoms with Crippen molar-refractivity contribution in [2.24, 2.45) is 0 Å². The molecule has 0 aromatic carbocycles. The molecule has 9 heteroatoms. The summed E-state index contributed by atoms with van der Waals surface area (Å²) in [5.74, 6) is 0. The maximum absolute atomic E-state index is 9.48. The molecule has 0 aromatic rings. The van der Waals surface area contributed by atoms with Gasteiger partial charge in [0.05, 0.1) is 26.2 Å². The number of aliphatic hydroxyl groups is 3. The molecule has 0 radical (unpaired) electrons. The van der Waals surface area contributed by atoms with Crippen LogP contribution in [0.1, 0.15) is 6.42 Å². The first-order valence-corrected chi connectivity index (χ1v) is 7.66. The van der Waals surface area contributed by atoms with Crippen molar-refractivity contribution in [1.29, 1.82) is 0 Å². The molecular formula is C9H23NO7Si. The number of aliphatic hydroxyl groups excluding tert-OH is 3. The fraction of sp³-hybridized carbons (Fsp3) is 1.00. The average molecular weight is 285 g/mol. The summed E-state index contributed by atoms with van der Waals surface area (Å²) in [6.07, 6.45) is -0.402. The van der Waals surface area contributed by atoms with Crippen LogP contribution in [0.15, 0.2) is 0 Å². The Morgan fingerprint density at radius 1 is 1.22 bits per heavy atom. The van der Waals surface area contributed by atoms with Gasteiger partial charge in [-0.25, -0.2) is 0 Å². The zero-order valence-corrected chi connectivity index (χ0v) is 11.5. The lowest BCUT2D eigenvalue weighted by Gasteiger charge is -2.20. The summed E-state index contributed by atoms with van der Waals surface area (Å²) >= 11 is 0. The third-order valence-corrected chi connectivity index (χ3v) is 3.96. The van der Waals surface area contributed by atoms with Gasteiger partial charge in [-0.05, 0) is 6.42 Å². The standard InChI is InChI=1S/C9H23NO7Si/c1-16-18(14,15)4-2-3-17-6-9(13)5-10(7-11)8-12/h9,11-15H,2-8H2,1H3. The van der Waals surface area contributed by atoms with E-state index in [2.05, 4.69) is 4.43 Å². The minimum atomic E-state index is -3.51. The second-order valence-electron chi connectivity index (χ2n) is 3.92. The predicted molar refractivity (Wildman–Crippen MR) is 64.3 cm³/mol. The van der Waals surface area contributed by atoms with Crippen LogP contribution >= 0.6 is 0 Å². The fourth-order valence-corrected chi connectivity index (χ4v) is 2.05. The van der Waals surface area contributed by atoms with Crippen molar-refractivity contribution in [3.05, 3.63) is 0 Å². The van der Waals surface area contributed by atoms with Gasteiger partial charge in [-0.15, -0.1) is 0 Å². The van der Waals surface area contributed by atoms with E-state index < -0.39 is 14.9 Å². The molecule has 18 heavy (non-hydrogen) atoms. The molecule has 1 atom stereocenters. The maximum Gasteiger partial charge on any atom is 0.495 e. The van der Waals surface area contributed by atoms with E-state index in [0.717, 1.165) is 0 Å². The van der Waals surface area contributed by atoms with Gasteiger partial charge in [-0.3, -0.25) is 4.90 Å². The van der Waals surface area contributed by atoms with Crippen LogP contribution in [0.25, 0.3) is 0 Å². The van der Waals surface area contributed by atoms with Crippen LogP contribution in [0.3, 0.4) is 0 Å². The smallest absolute Gasteiger partial charge is 0.390 e. The highest BCUT2D eigenvalue weighted by Crippen LogP contribution is 2.05. The molecule has 110 valence electrons. The number of hydrogen-bond donors (Lipinski definition) is 5. The van der Waals surface area contributed by atoms with Gasteiger partial charge in [0.15, 0.2) is 0 Å². The molecule has 0 rings (SSSR count). The average Bonchev–Trinajstić information content (AvgIpc) is 2.35. The first-order chi connectivity index (χ1) is 8.45. The highest BCUT2D eigenvalue weighted by molar-refractivity contribution is 6.57. The first kappa shape index (κ1) is 17.9. The minimum Gasteiger partial charge on any atom is -0.390 e. The van der Waals surface area contributed by atoms with E-state index in [1.165, 1.54) is 12.0 Å². The Labute approximate surface area is 107 Å². The molecule has 0 heterocycles. The number of rotatable bonds is 11. The van der Waals surface area contributed by atoms with E-state index in [-0.39, 0.29) is 39.3 Å². The van der Waals surface area contributed by atoms with Crippen LogP contribution in [0.2, 0.25) is 6.04 Å². The van der Waals surface area contributed by atoms with Crippen molar-refractivity contribution in [1.82, 2.24) is 4.90 Å². The van der Waals surface area contributed by atoms with Crippen molar-refractivity contribution >= 4 is 8.80 Å². The Balaban J connectivity index is 3.54. The molecule has 0 aromatic heterocycles. The topological polar surface area (TPSA) is 123 Å². The second kappa shape index (κ2) is 9.78. The number of nitrogens with zero attached hydrogens (tertiary/aromatic N) is 1. The van der Waals surface area contributed by atoms with Gasteiger partial charge in [0.1, 0.15) is 0 Å². The van der Waals surface area contributed by atoms with Crippen LogP contribution in [-0.2, 0) is 9.16 Å². The van der Waals surface area contributed by atoms with Gasteiger partial charge < -0.3 is 34.1 Å². The molecule has 0 saturated heterocycles. The van der Waals surface area contributed by atoms with Crippen LogP contribution < -0.4 is 0 Å². The zero-order valence-electron chi connectivity index (χ0n) is 10.5. The van der Waals surface area contributed by atoms with Gasteiger partial charge in [0, 0.05) is 26.3 Å². The molecule has 0 saturated carbocycles. The molecule has 0 amide bonds. The van der Waals surface area contributed by atoms with Crippen molar-refractivity contribution in [2.75, 3.05) is 40.3 Å². The molecule has 1 unspecified atom stereocenters. The van der Waals surface area contributed by atoms with Gasteiger partial charge in [-0.1, -0.05) is 0 Å². The van der Waals surface area contributed by atoms with E-state index >= 15 is 0 Å². The Morgan fingerprint density at radius 3 is 2.33 bits per heavy atom. The summed E-state index contributed by atoms with van der Waals surface area (Å²) in [5, 5.41) is 27.0. The van der Waals surface area contributed by atoms with E-state index in [0.29, 0.717) is 6.42 Å². The minimum absolute atomic E-state index is 0.0505. The summed E-state index contributed by atoms with van der Waals surface area (Å²) in [6, 6.07) is 0.138. The van der Waals surface area contributed by atoms with E-state index in [1.807, 2.05) is 0 Å². The van der Waals surface area contributed by atoms with E-state index in [1.54, 1.807) is 0 Å². The van der Waals surface area contributed by atoms with Crippen molar-refractivity contribution < 1.29 is 34.1 Å². The van der Waals surface area contributed by atoms with Crippen molar-refractivity contribution in [2.45, 2.75) is 18.6 Å². The molecule has 0 fully saturated rings. The highest BCUT2D eigenvalue weighted by atomic mass is 28.4. The first-order valence-electron chi connectivity index (χ1n) is 5.65. The quantitative estimate of drug-likeness (QED) is 0.161. The summed E-state index contributed by atoms with van der Waals surface area (Å²) in [4.78, 5) is 19.7. The lowest BCUT2D eigenvalue weighted by Crippen LogP contribution is -2.38. The molecule has 8 nitrogen and oxygen atoms in total. The number of hydrogen-bond acceptors (Lipinski definition) is 8. The van der Waals surface area contributed by atoms with Crippen LogP contribution in [0, 0.1) is 0 Å². The fourth-order valence-electron chi connectivity index (χ4n) is 1.24. The second-order valence-corrected chi connectivity index (χ2v) is 6.31. The summed E-state index contributed by atoms with van der Waals surface area (Å²) in [6.45, 7) is -0.262. The third-order valence-electron chi connectivity index (χ3n) is 2.30. The van der Waals surface area contributed by atoms with Crippen molar-refractivity contribution in [3.8, 4) is 0 Å². The Bertz CT molecular complexity index is 203. The predicted octanol–water partition coefficient (Wildman–Crippen LogP) is -2.47. The molecule has 5 N–H and O–H groups in total. The lowest BCUT2D eigenvalue weighted by atomic mass is 10.3. The van der Waals surface area contributed by atoms with E-state index in [9.17, 15) is 14.7 Å². The Morgan fingerprint density at radius 2 is 1.83 bits per heavy atom. The summed E-state index contributed by atoms with van der Waals surface area (Å²) < 4.78 is 9.66. The van der Waals surface area contributed by atoms with Gasteiger partial charge >= 0.3 is 8.80 Å². The molecular weight excluding hydrogens is 262 g/mol. The Kier molecular flexibility index (Phi) is 9.72. The lowest BCUT2D eigenvalue weighted by molar-refractivity contribution is -0.0302. The molecule has 0 spiro atoms. The molecule has 0 aliphatic carbocycles. The largest absolute Gasteiger partial charge is 0.495 e. The summed E-state index contributed by atoms with van der Waals surface area (Å²) in [5.41, 5.74) is 0. The normalized spacial score (nSPS) is 14.2.